The number of rotatable bonds is 5. The lowest BCUT2D eigenvalue weighted by atomic mass is 9.82. The van der Waals surface area contributed by atoms with E-state index in [0.29, 0.717) is 37.5 Å². The number of piperazine rings is 1. The van der Waals surface area contributed by atoms with Gasteiger partial charge in [-0.05, 0) is 42.3 Å². The number of halogens is 3. The quantitative estimate of drug-likeness (QED) is 0.708. The van der Waals surface area contributed by atoms with E-state index >= 15 is 0 Å². The average molecular weight is 451 g/mol. The number of hydrogen-bond donors (Lipinski definition) is 1. The fourth-order valence-corrected chi connectivity index (χ4v) is 4.45. The minimum Gasteiger partial charge on any atom is -0.459 e. The van der Waals surface area contributed by atoms with Gasteiger partial charge in [-0.15, -0.1) is 0 Å². The average Bonchev–Trinajstić information content (AvgIpc) is 3.31. The van der Waals surface area contributed by atoms with Crippen LogP contribution in [0.3, 0.4) is 0 Å². The molecule has 0 aliphatic carbocycles. The number of alkyl halides is 3. The van der Waals surface area contributed by atoms with Crippen LogP contribution in [0.4, 0.5) is 18.9 Å². The number of benzene rings is 1. The first-order chi connectivity index (χ1) is 15.3. The molecule has 2 aliphatic heterocycles. The number of nitrogens with zero attached hydrogens (tertiary/aromatic N) is 2. The topological polar surface area (TPSA) is 75.0 Å². The fraction of sp³-hybridized carbons (Fsp3) is 0.455. The van der Waals surface area contributed by atoms with E-state index in [4.69, 9.17) is 9.15 Å². The van der Waals surface area contributed by atoms with Gasteiger partial charge in [-0.25, -0.2) is 0 Å². The highest BCUT2D eigenvalue weighted by Crippen LogP contribution is 2.39. The van der Waals surface area contributed by atoms with Crippen LogP contribution in [-0.4, -0.2) is 62.7 Å². The van der Waals surface area contributed by atoms with E-state index in [1.165, 1.54) is 19.4 Å². The molecule has 1 saturated heterocycles. The summed E-state index contributed by atoms with van der Waals surface area (Å²) >= 11 is 0. The molecule has 7 nitrogen and oxygen atoms in total. The molecule has 4 rings (SSSR count). The summed E-state index contributed by atoms with van der Waals surface area (Å²) in [5.74, 6) is -0.945. The van der Waals surface area contributed by atoms with Crippen molar-refractivity contribution in [1.82, 2.24) is 10.2 Å². The minimum atomic E-state index is -4.46. The summed E-state index contributed by atoms with van der Waals surface area (Å²) in [6.07, 6.45) is -2.89. The molecule has 1 N–H and O–H groups in total. The third-order valence-corrected chi connectivity index (χ3v) is 6.00. The second kappa shape index (κ2) is 8.85. The smallest absolute Gasteiger partial charge is 0.416 e. The molecule has 172 valence electrons. The van der Waals surface area contributed by atoms with E-state index in [2.05, 4.69) is 5.32 Å². The number of carbonyl (C=O) groups is 2. The van der Waals surface area contributed by atoms with Crippen molar-refractivity contribution in [2.75, 3.05) is 44.8 Å². The van der Waals surface area contributed by atoms with Crippen LogP contribution in [0.2, 0.25) is 0 Å². The van der Waals surface area contributed by atoms with Crippen molar-refractivity contribution in [3.05, 3.63) is 53.5 Å². The number of nitrogens with one attached hydrogen (secondary N) is 1. The van der Waals surface area contributed by atoms with E-state index < -0.39 is 17.7 Å². The number of ether oxygens (including phenoxy) is 1. The number of methoxy groups -OCH3 is 1. The lowest BCUT2D eigenvalue weighted by Crippen LogP contribution is -2.62. The van der Waals surface area contributed by atoms with Gasteiger partial charge in [0.15, 0.2) is 5.76 Å². The molecule has 0 radical (unpaired) electrons. The molecule has 2 atom stereocenters. The van der Waals surface area contributed by atoms with Crippen molar-refractivity contribution < 1.29 is 31.9 Å². The maximum atomic E-state index is 13.3. The zero-order chi connectivity index (χ0) is 22.9. The van der Waals surface area contributed by atoms with Crippen molar-refractivity contribution in [1.29, 1.82) is 0 Å². The number of furan rings is 1. The van der Waals surface area contributed by atoms with Gasteiger partial charge in [0.05, 0.1) is 30.4 Å². The van der Waals surface area contributed by atoms with Crippen LogP contribution in [0.5, 0.6) is 0 Å². The maximum absolute atomic E-state index is 13.3. The first kappa shape index (κ1) is 22.2. The van der Waals surface area contributed by atoms with Crippen molar-refractivity contribution in [2.24, 2.45) is 5.92 Å². The van der Waals surface area contributed by atoms with E-state index in [-0.39, 0.29) is 36.6 Å². The Labute approximate surface area is 183 Å². The Balaban J connectivity index is 1.63. The van der Waals surface area contributed by atoms with E-state index in [9.17, 15) is 22.8 Å². The molecule has 2 amide bonds. The lowest BCUT2D eigenvalue weighted by molar-refractivity contribution is -0.137. The normalized spacial score (nSPS) is 20.5. The van der Waals surface area contributed by atoms with Crippen LogP contribution in [0, 0.1) is 5.92 Å². The largest absolute Gasteiger partial charge is 0.459 e. The summed E-state index contributed by atoms with van der Waals surface area (Å²) in [5, 5.41) is 2.80. The Morgan fingerprint density at radius 2 is 2.06 bits per heavy atom. The summed E-state index contributed by atoms with van der Waals surface area (Å²) in [4.78, 5) is 29.4. The Bertz CT molecular complexity index is 977. The third kappa shape index (κ3) is 4.32. The number of hydrogen-bond acceptors (Lipinski definition) is 5. The Kier molecular flexibility index (Phi) is 6.14. The van der Waals surface area contributed by atoms with E-state index in [1.807, 2.05) is 4.90 Å². The molecular formula is C22H24F3N3O4. The lowest BCUT2D eigenvalue weighted by Gasteiger charge is -2.49. The molecule has 0 saturated carbocycles. The van der Waals surface area contributed by atoms with Gasteiger partial charge in [-0.3, -0.25) is 9.59 Å². The molecule has 10 heteroatoms. The van der Waals surface area contributed by atoms with Gasteiger partial charge in [0.2, 0.25) is 5.91 Å². The molecule has 2 aliphatic rings. The van der Waals surface area contributed by atoms with Crippen LogP contribution < -0.4 is 10.2 Å². The predicted molar refractivity (Wildman–Crippen MR) is 109 cm³/mol. The summed E-state index contributed by atoms with van der Waals surface area (Å²) in [6.45, 7) is 1.65. The Hall–Kier alpha value is -3.01. The van der Waals surface area contributed by atoms with Gasteiger partial charge in [0.1, 0.15) is 0 Å². The Morgan fingerprint density at radius 3 is 2.75 bits per heavy atom. The van der Waals surface area contributed by atoms with Crippen molar-refractivity contribution in [3.63, 3.8) is 0 Å². The zero-order valence-corrected chi connectivity index (χ0v) is 17.5. The predicted octanol–water partition coefficient (Wildman–Crippen LogP) is 2.56. The Morgan fingerprint density at radius 1 is 1.25 bits per heavy atom. The maximum Gasteiger partial charge on any atom is 0.416 e. The van der Waals surface area contributed by atoms with Crippen LogP contribution in [0.25, 0.3) is 0 Å². The minimum absolute atomic E-state index is 0.155. The molecule has 1 aromatic carbocycles. The van der Waals surface area contributed by atoms with Crippen molar-refractivity contribution >= 4 is 17.5 Å². The van der Waals surface area contributed by atoms with Crippen LogP contribution in [0.15, 0.2) is 41.0 Å². The molecule has 0 unspecified atom stereocenters. The molecule has 2 aromatic rings. The third-order valence-electron chi connectivity index (χ3n) is 6.00. The van der Waals surface area contributed by atoms with Crippen LogP contribution >= 0.6 is 0 Å². The molecule has 3 heterocycles. The van der Waals surface area contributed by atoms with Crippen molar-refractivity contribution in [2.45, 2.75) is 18.6 Å². The van der Waals surface area contributed by atoms with Gasteiger partial charge in [0.25, 0.3) is 5.91 Å². The highest BCUT2D eigenvalue weighted by molar-refractivity contribution is 5.92. The van der Waals surface area contributed by atoms with Gasteiger partial charge in [-0.2, -0.15) is 13.2 Å². The fourth-order valence-electron chi connectivity index (χ4n) is 4.45. The molecular weight excluding hydrogens is 427 g/mol. The summed E-state index contributed by atoms with van der Waals surface area (Å²) in [7, 11) is 1.52. The second-order valence-electron chi connectivity index (χ2n) is 7.92. The standard InChI is InChI=1S/C22H24F3N3O4/c1-31-10-6-26-20(29)16-12-14-11-15(22(23,24)25)4-5-17(14)28-8-7-27(13-18(16)28)21(30)19-3-2-9-32-19/h2-5,9,11,16,18H,6-8,10,12-13H2,1H3,(H,26,29)/t16-,18-/m1/s1. The van der Waals surface area contributed by atoms with E-state index in [0.717, 1.165) is 12.1 Å². The number of anilines is 1. The van der Waals surface area contributed by atoms with E-state index in [1.54, 1.807) is 17.0 Å². The highest BCUT2D eigenvalue weighted by atomic mass is 19.4. The SMILES string of the molecule is COCCNC(=O)[C@@H]1Cc2cc(C(F)(F)F)ccc2N2CCN(C(=O)c3ccco3)C[C@H]12. The first-order valence-corrected chi connectivity index (χ1v) is 10.4. The van der Waals surface area contributed by atoms with Gasteiger partial charge in [-0.1, -0.05) is 0 Å². The summed E-state index contributed by atoms with van der Waals surface area (Å²) < 4.78 is 50.0. The number of amides is 2. The van der Waals surface area contributed by atoms with Gasteiger partial charge in [0, 0.05) is 39.0 Å². The second-order valence-corrected chi connectivity index (χ2v) is 7.92. The number of carbonyl (C=O) groups excluding carboxylic acids is 2. The summed E-state index contributed by atoms with van der Waals surface area (Å²) in [5.41, 5.74) is 0.419. The molecule has 1 fully saturated rings. The molecule has 1 aromatic heterocycles. The van der Waals surface area contributed by atoms with Crippen LogP contribution in [0.1, 0.15) is 21.7 Å². The van der Waals surface area contributed by atoms with Crippen molar-refractivity contribution in [3.8, 4) is 0 Å². The van der Waals surface area contributed by atoms with Gasteiger partial charge < -0.3 is 24.3 Å². The zero-order valence-electron chi connectivity index (χ0n) is 17.5. The first-order valence-electron chi connectivity index (χ1n) is 10.4. The highest BCUT2D eigenvalue weighted by Gasteiger charge is 2.43. The number of fused-ring (bicyclic) bond motifs is 3. The molecule has 0 bridgehead atoms. The molecule has 0 spiro atoms. The van der Waals surface area contributed by atoms with Crippen LogP contribution in [-0.2, 0) is 22.1 Å². The van der Waals surface area contributed by atoms with Gasteiger partial charge >= 0.3 is 6.18 Å². The summed E-state index contributed by atoms with van der Waals surface area (Å²) in [6, 6.07) is 6.50. The molecule has 32 heavy (non-hydrogen) atoms. The monoisotopic (exact) mass is 451 g/mol.